The maximum Gasteiger partial charge on any atom is 0.242 e. The normalized spacial score (nSPS) is 20.7. The summed E-state index contributed by atoms with van der Waals surface area (Å²) in [4.78, 5) is 28.3. The van der Waals surface area contributed by atoms with Crippen molar-refractivity contribution in [3.63, 3.8) is 0 Å². The van der Waals surface area contributed by atoms with Gasteiger partial charge in [-0.2, -0.15) is 4.72 Å². The van der Waals surface area contributed by atoms with Gasteiger partial charge in [-0.25, -0.2) is 8.42 Å². The van der Waals surface area contributed by atoms with Crippen LogP contribution in [0.2, 0.25) is 0 Å². The number of sulfonamides is 1. The summed E-state index contributed by atoms with van der Waals surface area (Å²) in [7, 11) is -3.68. The molecule has 1 heterocycles. The zero-order valence-corrected chi connectivity index (χ0v) is 17.0. The van der Waals surface area contributed by atoms with Crippen molar-refractivity contribution in [3.8, 4) is 0 Å². The summed E-state index contributed by atoms with van der Waals surface area (Å²) in [5.41, 5.74) is 6.89. The Balaban J connectivity index is 2.02. The fourth-order valence-corrected chi connectivity index (χ4v) is 4.90. The maximum absolute atomic E-state index is 13.2. The van der Waals surface area contributed by atoms with Gasteiger partial charge in [0, 0.05) is 23.0 Å². The van der Waals surface area contributed by atoms with E-state index in [0.717, 1.165) is 28.4 Å². The second-order valence-corrected chi connectivity index (χ2v) is 9.61. The van der Waals surface area contributed by atoms with Crippen molar-refractivity contribution < 1.29 is 18.0 Å². The second kappa shape index (κ2) is 7.21. The molecule has 0 saturated carbocycles. The van der Waals surface area contributed by atoms with Crippen LogP contribution in [-0.2, 0) is 32.5 Å². The van der Waals surface area contributed by atoms with Crippen LogP contribution in [0.15, 0.2) is 24.3 Å². The molecule has 152 valence electrons. The Labute approximate surface area is 164 Å². The number of carbonyl (C=O) groups is 2. The first-order chi connectivity index (χ1) is 13.0. The van der Waals surface area contributed by atoms with Crippen molar-refractivity contribution in [1.29, 1.82) is 0 Å². The lowest BCUT2D eigenvalue weighted by Crippen LogP contribution is -2.64. The second-order valence-electron chi connectivity index (χ2n) is 7.86. The molecular weight excluding hydrogens is 380 g/mol. The third-order valence-electron chi connectivity index (χ3n) is 5.26. The lowest BCUT2D eigenvalue weighted by atomic mass is 9.79. The Morgan fingerprint density at radius 1 is 1.25 bits per heavy atom. The number of hydrogen-bond acceptors (Lipinski definition) is 4. The number of aromatic amines is 1. The van der Waals surface area contributed by atoms with Crippen molar-refractivity contribution >= 4 is 32.7 Å². The molecule has 0 bridgehead atoms. The first-order valence-corrected chi connectivity index (χ1v) is 11.1. The van der Waals surface area contributed by atoms with E-state index in [0.29, 0.717) is 6.42 Å². The quantitative estimate of drug-likeness (QED) is 0.558. The van der Waals surface area contributed by atoms with Gasteiger partial charge in [-0.05, 0) is 30.4 Å². The number of carbonyl (C=O) groups excluding carboxylic acids is 2. The zero-order chi connectivity index (χ0) is 20.7. The number of para-hydroxylation sites is 1. The topological polar surface area (TPSA) is 134 Å². The first kappa shape index (κ1) is 20.3. The molecule has 2 atom stereocenters. The lowest BCUT2D eigenvalue weighted by Gasteiger charge is -2.37. The molecular formula is C19H26N4O4S. The number of benzene rings is 1. The van der Waals surface area contributed by atoms with Gasteiger partial charge in [-0.3, -0.25) is 9.59 Å². The van der Waals surface area contributed by atoms with Crippen molar-refractivity contribution in [2.75, 3.05) is 6.26 Å². The highest BCUT2D eigenvalue weighted by molar-refractivity contribution is 7.88. The Morgan fingerprint density at radius 2 is 1.93 bits per heavy atom. The van der Waals surface area contributed by atoms with Crippen LogP contribution in [0.1, 0.15) is 31.5 Å². The number of primary amides is 1. The van der Waals surface area contributed by atoms with Gasteiger partial charge in [0.15, 0.2) is 0 Å². The molecule has 0 fully saturated rings. The molecule has 2 aromatic rings. The molecule has 2 amide bonds. The molecule has 9 heteroatoms. The molecule has 1 aliphatic rings. The highest BCUT2D eigenvalue weighted by Crippen LogP contribution is 2.34. The number of nitrogens with two attached hydrogens (primary N) is 1. The minimum absolute atomic E-state index is 0.189. The summed E-state index contributed by atoms with van der Waals surface area (Å²) in [5, 5.41) is 3.63. The van der Waals surface area contributed by atoms with Gasteiger partial charge in [0.2, 0.25) is 21.8 Å². The monoisotopic (exact) mass is 406 g/mol. The van der Waals surface area contributed by atoms with E-state index in [1.54, 1.807) is 13.8 Å². The fourth-order valence-electron chi connectivity index (χ4n) is 3.93. The average molecular weight is 407 g/mol. The van der Waals surface area contributed by atoms with Crippen molar-refractivity contribution in [2.24, 2.45) is 11.7 Å². The van der Waals surface area contributed by atoms with Crippen LogP contribution in [0, 0.1) is 5.92 Å². The SMILES string of the molecule is CC(C)[C@H](NC(=O)[C@]1(NS(C)(=O)=O)CCc2[nH]c3ccccc3c2C1)C(N)=O. The summed E-state index contributed by atoms with van der Waals surface area (Å²) in [6, 6.07) is 6.83. The van der Waals surface area contributed by atoms with Crippen molar-refractivity contribution in [1.82, 2.24) is 15.0 Å². The maximum atomic E-state index is 13.2. The van der Waals surface area contributed by atoms with Gasteiger partial charge in [-0.15, -0.1) is 0 Å². The summed E-state index contributed by atoms with van der Waals surface area (Å²) in [6.45, 7) is 3.54. The number of hydrogen-bond donors (Lipinski definition) is 4. The molecule has 8 nitrogen and oxygen atoms in total. The predicted octanol–water partition coefficient (Wildman–Crippen LogP) is 0.571. The van der Waals surface area contributed by atoms with Gasteiger partial charge in [0.05, 0.1) is 6.26 Å². The smallest absolute Gasteiger partial charge is 0.242 e. The number of aryl methyl sites for hydroxylation is 1. The number of fused-ring (bicyclic) bond motifs is 3. The summed E-state index contributed by atoms with van der Waals surface area (Å²) >= 11 is 0. The van der Waals surface area contributed by atoms with Crippen LogP contribution in [0.4, 0.5) is 0 Å². The van der Waals surface area contributed by atoms with Crippen LogP contribution in [0.25, 0.3) is 10.9 Å². The Kier molecular flexibility index (Phi) is 5.24. The van der Waals surface area contributed by atoms with Gasteiger partial charge in [0.25, 0.3) is 0 Å². The third kappa shape index (κ3) is 3.90. The van der Waals surface area contributed by atoms with E-state index < -0.39 is 33.4 Å². The molecule has 0 radical (unpaired) electrons. The van der Waals surface area contributed by atoms with E-state index in [1.165, 1.54) is 0 Å². The van der Waals surface area contributed by atoms with E-state index in [-0.39, 0.29) is 18.8 Å². The standard InChI is InChI=1S/C19H26N4O4S/c1-11(2)16(17(20)24)22-18(25)19(23-28(3,26)27)9-8-15-13(10-19)12-6-4-5-7-14(12)21-15/h4-7,11,16,21,23H,8-10H2,1-3H3,(H2,20,24)(H,22,25)/t16-,19-/m0/s1. The predicted molar refractivity (Wildman–Crippen MR) is 107 cm³/mol. The molecule has 28 heavy (non-hydrogen) atoms. The first-order valence-electron chi connectivity index (χ1n) is 9.20. The Morgan fingerprint density at radius 3 is 2.54 bits per heavy atom. The largest absolute Gasteiger partial charge is 0.368 e. The van der Waals surface area contributed by atoms with E-state index in [2.05, 4.69) is 15.0 Å². The van der Waals surface area contributed by atoms with Crippen molar-refractivity contribution in [2.45, 2.75) is 44.7 Å². The molecule has 0 saturated heterocycles. The highest BCUT2D eigenvalue weighted by atomic mass is 32.2. The fraction of sp³-hybridized carbons (Fsp3) is 0.474. The Hall–Kier alpha value is -2.39. The average Bonchev–Trinajstić information content (AvgIpc) is 2.95. The molecule has 3 rings (SSSR count). The number of nitrogens with one attached hydrogen (secondary N) is 3. The van der Waals surface area contributed by atoms with Crippen LogP contribution < -0.4 is 15.8 Å². The van der Waals surface area contributed by atoms with Crippen LogP contribution in [0.5, 0.6) is 0 Å². The number of amides is 2. The summed E-state index contributed by atoms with van der Waals surface area (Å²) in [5.74, 6) is -1.41. The molecule has 0 aliphatic heterocycles. The van der Waals surface area contributed by atoms with E-state index in [4.69, 9.17) is 5.73 Å². The number of H-pyrrole nitrogens is 1. The van der Waals surface area contributed by atoms with Gasteiger partial charge in [0.1, 0.15) is 11.6 Å². The summed E-state index contributed by atoms with van der Waals surface area (Å²) < 4.78 is 26.7. The molecule has 1 aromatic heterocycles. The molecule has 0 unspecified atom stereocenters. The highest BCUT2D eigenvalue weighted by Gasteiger charge is 2.45. The van der Waals surface area contributed by atoms with Gasteiger partial charge in [-0.1, -0.05) is 32.0 Å². The zero-order valence-electron chi connectivity index (χ0n) is 16.2. The van der Waals surface area contributed by atoms with Crippen LogP contribution in [0.3, 0.4) is 0 Å². The lowest BCUT2D eigenvalue weighted by molar-refractivity contribution is -0.132. The minimum Gasteiger partial charge on any atom is -0.368 e. The van der Waals surface area contributed by atoms with Crippen LogP contribution in [-0.4, -0.2) is 43.1 Å². The van der Waals surface area contributed by atoms with Crippen LogP contribution >= 0.6 is 0 Å². The van der Waals surface area contributed by atoms with Gasteiger partial charge >= 0.3 is 0 Å². The van der Waals surface area contributed by atoms with Gasteiger partial charge < -0.3 is 16.0 Å². The number of aromatic nitrogens is 1. The molecule has 5 N–H and O–H groups in total. The summed E-state index contributed by atoms with van der Waals surface area (Å²) in [6.07, 6.45) is 1.99. The Bertz CT molecular complexity index is 1030. The molecule has 0 spiro atoms. The van der Waals surface area contributed by atoms with E-state index in [9.17, 15) is 18.0 Å². The minimum atomic E-state index is -3.68. The number of rotatable bonds is 6. The third-order valence-corrected chi connectivity index (χ3v) is 6.02. The van der Waals surface area contributed by atoms with E-state index >= 15 is 0 Å². The molecule has 1 aromatic carbocycles. The van der Waals surface area contributed by atoms with E-state index in [1.807, 2.05) is 24.3 Å². The van der Waals surface area contributed by atoms with Crippen molar-refractivity contribution in [3.05, 3.63) is 35.5 Å². The molecule has 1 aliphatic carbocycles.